The molecule has 0 radical (unpaired) electrons. The van der Waals surface area contributed by atoms with Crippen molar-refractivity contribution in [2.75, 3.05) is 6.61 Å². The van der Waals surface area contributed by atoms with Crippen molar-refractivity contribution in [1.29, 1.82) is 0 Å². The minimum Gasteiger partial charge on any atom is -0.465 e. The molecule has 2 heterocycles. The molecule has 0 amide bonds. The first-order chi connectivity index (χ1) is 13.2. The van der Waals surface area contributed by atoms with Gasteiger partial charge in [-0.15, -0.1) is 11.8 Å². The van der Waals surface area contributed by atoms with Crippen LogP contribution in [-0.2, 0) is 16.1 Å². The number of esters is 1. The third-order valence-electron chi connectivity index (χ3n) is 6.44. The molecule has 2 saturated carbocycles. The van der Waals surface area contributed by atoms with E-state index in [1.165, 1.54) is 36.2 Å². The average Bonchev–Trinajstić information content (AvgIpc) is 3.36. The van der Waals surface area contributed by atoms with E-state index in [-0.39, 0.29) is 23.3 Å². The molecule has 6 heteroatoms. The molecule has 2 bridgehead atoms. The number of ether oxygens (including phenoxy) is 1. The zero-order valence-electron chi connectivity index (χ0n) is 15.3. The van der Waals surface area contributed by atoms with Crippen molar-refractivity contribution in [3.63, 3.8) is 0 Å². The Morgan fingerprint density at radius 1 is 1.22 bits per heavy atom. The standard InChI is InChI=1S/C21H23NO3S2/c1-2-25-15(23)11-22-20-19(27-21(22)24)16(12-6-4-3-5-7-12)17-13-8-9-14(10-13)18(17)26-20/h3-7,13-14,16-18H,2,8-11H2,1H3. The molecule has 2 aliphatic carbocycles. The molecule has 2 aromatic rings. The number of hydrogen-bond donors (Lipinski definition) is 0. The molecular formula is C21H23NO3S2. The molecule has 1 aromatic heterocycles. The smallest absolute Gasteiger partial charge is 0.326 e. The molecule has 27 heavy (non-hydrogen) atoms. The van der Waals surface area contributed by atoms with Crippen LogP contribution in [0.25, 0.3) is 0 Å². The van der Waals surface area contributed by atoms with E-state index >= 15 is 0 Å². The van der Waals surface area contributed by atoms with E-state index in [1.807, 2.05) is 11.8 Å². The largest absolute Gasteiger partial charge is 0.465 e. The lowest BCUT2D eigenvalue weighted by Crippen LogP contribution is -2.34. The van der Waals surface area contributed by atoms with E-state index in [0.717, 1.165) is 21.7 Å². The van der Waals surface area contributed by atoms with Crippen molar-refractivity contribution in [3.8, 4) is 0 Å². The van der Waals surface area contributed by atoms with E-state index in [1.54, 1.807) is 11.5 Å². The van der Waals surface area contributed by atoms with Crippen molar-refractivity contribution in [3.05, 3.63) is 50.4 Å². The first-order valence-electron chi connectivity index (χ1n) is 9.78. The maximum atomic E-state index is 12.8. The van der Waals surface area contributed by atoms with Crippen LogP contribution in [0.4, 0.5) is 0 Å². The molecule has 5 unspecified atom stereocenters. The Balaban J connectivity index is 1.61. The second-order valence-electron chi connectivity index (χ2n) is 7.81. The van der Waals surface area contributed by atoms with E-state index in [9.17, 15) is 9.59 Å². The van der Waals surface area contributed by atoms with E-state index in [2.05, 4.69) is 30.3 Å². The summed E-state index contributed by atoms with van der Waals surface area (Å²) in [6.45, 7) is 2.16. The van der Waals surface area contributed by atoms with Gasteiger partial charge in [-0.1, -0.05) is 41.7 Å². The number of aromatic nitrogens is 1. The van der Waals surface area contributed by atoms with Gasteiger partial charge in [0.25, 0.3) is 0 Å². The van der Waals surface area contributed by atoms with Gasteiger partial charge in [-0.2, -0.15) is 0 Å². The van der Waals surface area contributed by atoms with Gasteiger partial charge in [-0.3, -0.25) is 14.2 Å². The van der Waals surface area contributed by atoms with E-state index in [4.69, 9.17) is 4.74 Å². The Kier molecular flexibility index (Phi) is 4.43. The number of fused-ring (bicyclic) bond motifs is 6. The summed E-state index contributed by atoms with van der Waals surface area (Å²) in [5, 5.41) is 1.57. The fourth-order valence-corrected chi connectivity index (χ4v) is 8.61. The van der Waals surface area contributed by atoms with Crippen molar-refractivity contribution in [1.82, 2.24) is 4.57 Å². The van der Waals surface area contributed by atoms with Crippen molar-refractivity contribution < 1.29 is 9.53 Å². The van der Waals surface area contributed by atoms with Gasteiger partial charge in [-0.25, -0.2) is 0 Å². The van der Waals surface area contributed by atoms with Crippen molar-refractivity contribution in [2.45, 2.75) is 48.9 Å². The number of rotatable bonds is 4. The van der Waals surface area contributed by atoms with Gasteiger partial charge < -0.3 is 4.74 Å². The number of thioether (sulfide) groups is 1. The minimum absolute atomic E-state index is 0.0263. The lowest BCUT2D eigenvalue weighted by molar-refractivity contribution is -0.144. The summed E-state index contributed by atoms with van der Waals surface area (Å²) in [6.07, 6.45) is 3.95. The first kappa shape index (κ1) is 17.6. The second-order valence-corrected chi connectivity index (χ2v) is 9.97. The van der Waals surface area contributed by atoms with Crippen LogP contribution in [0.15, 0.2) is 40.2 Å². The molecule has 0 spiro atoms. The normalized spacial score (nSPS) is 30.8. The quantitative estimate of drug-likeness (QED) is 0.723. The van der Waals surface area contributed by atoms with Gasteiger partial charge in [0.15, 0.2) is 0 Å². The monoisotopic (exact) mass is 401 g/mol. The number of carbonyl (C=O) groups is 1. The Labute approximate surface area is 166 Å². The van der Waals surface area contributed by atoms with Gasteiger partial charge >= 0.3 is 10.8 Å². The predicted octanol–water partition coefficient (Wildman–Crippen LogP) is 4.13. The molecule has 142 valence electrons. The SMILES string of the molecule is CCOC(=O)Cn1c2c(sc1=O)C(c1ccccc1)C1C3CCC(C3)C1S2. The van der Waals surface area contributed by atoms with Gasteiger partial charge in [-0.05, 0) is 49.5 Å². The van der Waals surface area contributed by atoms with Crippen LogP contribution in [0.3, 0.4) is 0 Å². The lowest BCUT2D eigenvalue weighted by atomic mass is 9.75. The Hall–Kier alpha value is -1.53. The highest BCUT2D eigenvalue weighted by molar-refractivity contribution is 8.00. The molecule has 1 aromatic carbocycles. The average molecular weight is 402 g/mol. The molecule has 1 aliphatic heterocycles. The summed E-state index contributed by atoms with van der Waals surface area (Å²) in [4.78, 5) is 26.0. The van der Waals surface area contributed by atoms with Crippen molar-refractivity contribution >= 4 is 29.1 Å². The second kappa shape index (κ2) is 6.82. The molecule has 5 rings (SSSR count). The van der Waals surface area contributed by atoms with Crippen LogP contribution < -0.4 is 4.87 Å². The first-order valence-corrected chi connectivity index (χ1v) is 11.5. The summed E-state index contributed by atoms with van der Waals surface area (Å²) in [6, 6.07) is 10.6. The molecule has 0 saturated heterocycles. The van der Waals surface area contributed by atoms with Gasteiger partial charge in [0.2, 0.25) is 0 Å². The molecule has 5 atom stereocenters. The maximum absolute atomic E-state index is 12.8. The highest BCUT2D eigenvalue weighted by Gasteiger charge is 2.55. The Morgan fingerprint density at radius 2 is 2.00 bits per heavy atom. The fraction of sp³-hybridized carbons (Fsp3) is 0.524. The topological polar surface area (TPSA) is 48.3 Å². The molecule has 0 N–H and O–H groups in total. The summed E-state index contributed by atoms with van der Waals surface area (Å²) >= 11 is 3.20. The fourth-order valence-electron chi connectivity index (χ4n) is 5.46. The van der Waals surface area contributed by atoms with Crippen LogP contribution in [0.2, 0.25) is 0 Å². The number of carbonyl (C=O) groups excluding carboxylic acids is 1. The number of benzene rings is 1. The van der Waals surface area contributed by atoms with Gasteiger partial charge in [0, 0.05) is 16.0 Å². The number of hydrogen-bond acceptors (Lipinski definition) is 5. The van der Waals surface area contributed by atoms with Crippen LogP contribution in [0, 0.1) is 17.8 Å². The van der Waals surface area contributed by atoms with Gasteiger partial charge in [0.1, 0.15) is 6.54 Å². The van der Waals surface area contributed by atoms with E-state index in [0.29, 0.717) is 17.8 Å². The minimum atomic E-state index is -0.327. The zero-order chi connectivity index (χ0) is 18.5. The van der Waals surface area contributed by atoms with Crippen LogP contribution >= 0.6 is 23.1 Å². The number of nitrogens with zero attached hydrogens (tertiary/aromatic N) is 1. The van der Waals surface area contributed by atoms with Crippen LogP contribution in [0.1, 0.15) is 42.5 Å². The molecule has 3 aliphatic rings. The highest BCUT2D eigenvalue weighted by atomic mass is 32.2. The lowest BCUT2D eigenvalue weighted by Gasteiger charge is -2.40. The van der Waals surface area contributed by atoms with Crippen molar-refractivity contribution in [2.24, 2.45) is 17.8 Å². The third kappa shape index (κ3) is 2.80. The summed E-state index contributed by atoms with van der Waals surface area (Å²) in [5.74, 6) is 2.07. The highest BCUT2D eigenvalue weighted by Crippen LogP contribution is 2.63. The van der Waals surface area contributed by atoms with Crippen LogP contribution in [-0.4, -0.2) is 22.4 Å². The van der Waals surface area contributed by atoms with Gasteiger partial charge in [0.05, 0.1) is 11.6 Å². The third-order valence-corrected chi connectivity index (χ3v) is 9.27. The number of thiazole rings is 1. The van der Waals surface area contributed by atoms with E-state index < -0.39 is 0 Å². The maximum Gasteiger partial charge on any atom is 0.326 e. The van der Waals surface area contributed by atoms with Crippen LogP contribution in [0.5, 0.6) is 0 Å². The predicted molar refractivity (Wildman–Crippen MR) is 107 cm³/mol. The summed E-state index contributed by atoms with van der Waals surface area (Å²) < 4.78 is 6.77. The molecular weight excluding hydrogens is 378 g/mol. The molecule has 4 nitrogen and oxygen atoms in total. The Morgan fingerprint density at radius 3 is 2.78 bits per heavy atom. The zero-order valence-corrected chi connectivity index (χ0v) is 16.9. The molecule has 2 fully saturated rings. The summed E-state index contributed by atoms with van der Waals surface area (Å²) in [7, 11) is 0. The summed E-state index contributed by atoms with van der Waals surface area (Å²) in [5.41, 5.74) is 1.31. The Bertz CT molecular complexity index is 919.